The second-order valence-corrected chi connectivity index (χ2v) is 4.96. The molecule has 1 aromatic heterocycles. The monoisotopic (exact) mass is 282 g/mol. The SMILES string of the molecule is OCc1ccc(-n2ccc(C3CC3)n2)cc1C(F)(F)F. The second kappa shape index (κ2) is 4.63. The van der Waals surface area contributed by atoms with E-state index in [2.05, 4.69) is 5.10 Å². The third-order valence-electron chi connectivity index (χ3n) is 3.44. The predicted octanol–water partition coefficient (Wildman–Crippen LogP) is 3.26. The van der Waals surface area contributed by atoms with Crippen LogP contribution < -0.4 is 0 Å². The Balaban J connectivity index is 2.00. The minimum Gasteiger partial charge on any atom is -0.392 e. The highest BCUT2D eigenvalue weighted by Crippen LogP contribution is 2.39. The number of hydrogen-bond acceptors (Lipinski definition) is 2. The van der Waals surface area contributed by atoms with E-state index in [-0.39, 0.29) is 5.56 Å². The van der Waals surface area contributed by atoms with E-state index in [0.717, 1.165) is 24.6 Å². The average molecular weight is 282 g/mol. The van der Waals surface area contributed by atoms with Crippen molar-refractivity contribution < 1.29 is 18.3 Å². The van der Waals surface area contributed by atoms with Gasteiger partial charge in [-0.3, -0.25) is 0 Å². The van der Waals surface area contributed by atoms with E-state index in [1.165, 1.54) is 16.8 Å². The summed E-state index contributed by atoms with van der Waals surface area (Å²) in [6.45, 7) is -0.637. The Morgan fingerprint density at radius 2 is 2.00 bits per heavy atom. The molecular formula is C14H13F3N2O. The third-order valence-corrected chi connectivity index (χ3v) is 3.44. The van der Waals surface area contributed by atoms with Gasteiger partial charge in [0.25, 0.3) is 0 Å². The first-order valence-corrected chi connectivity index (χ1v) is 6.36. The topological polar surface area (TPSA) is 38.0 Å². The summed E-state index contributed by atoms with van der Waals surface area (Å²) in [5, 5.41) is 13.3. The van der Waals surface area contributed by atoms with Crippen molar-refractivity contribution in [1.29, 1.82) is 0 Å². The summed E-state index contributed by atoms with van der Waals surface area (Å²) in [4.78, 5) is 0. The molecule has 1 saturated carbocycles. The first-order valence-electron chi connectivity index (χ1n) is 6.36. The zero-order valence-electron chi connectivity index (χ0n) is 10.6. The van der Waals surface area contributed by atoms with Gasteiger partial charge < -0.3 is 5.11 Å². The Labute approximate surface area is 113 Å². The van der Waals surface area contributed by atoms with Crippen molar-refractivity contribution in [2.45, 2.75) is 31.5 Å². The highest BCUT2D eigenvalue weighted by atomic mass is 19.4. The second-order valence-electron chi connectivity index (χ2n) is 4.96. The standard InChI is InChI=1S/C14H13F3N2O/c15-14(16,17)12-7-11(4-3-10(12)8-20)19-6-5-13(18-19)9-1-2-9/h3-7,9,20H,1-2,8H2. The summed E-state index contributed by atoms with van der Waals surface area (Å²) in [5.74, 6) is 0.454. The van der Waals surface area contributed by atoms with E-state index in [1.807, 2.05) is 6.07 Å². The van der Waals surface area contributed by atoms with Crippen LogP contribution in [0.1, 0.15) is 35.6 Å². The van der Waals surface area contributed by atoms with Crippen molar-refractivity contribution >= 4 is 0 Å². The van der Waals surface area contributed by atoms with Crippen LogP contribution in [0.5, 0.6) is 0 Å². The Morgan fingerprint density at radius 3 is 2.60 bits per heavy atom. The van der Waals surface area contributed by atoms with Crippen molar-refractivity contribution in [2.24, 2.45) is 0 Å². The number of aliphatic hydroxyl groups excluding tert-OH is 1. The summed E-state index contributed by atoms with van der Waals surface area (Å²) in [6.07, 6.45) is -0.634. The van der Waals surface area contributed by atoms with E-state index < -0.39 is 18.3 Å². The van der Waals surface area contributed by atoms with Crippen molar-refractivity contribution in [1.82, 2.24) is 9.78 Å². The van der Waals surface area contributed by atoms with Crippen LogP contribution in [-0.2, 0) is 12.8 Å². The molecule has 20 heavy (non-hydrogen) atoms. The molecule has 1 aromatic carbocycles. The maximum absolute atomic E-state index is 12.9. The summed E-state index contributed by atoms with van der Waals surface area (Å²) >= 11 is 0. The molecular weight excluding hydrogens is 269 g/mol. The summed E-state index contributed by atoms with van der Waals surface area (Å²) in [5.41, 5.74) is 0.322. The first-order chi connectivity index (χ1) is 9.49. The maximum atomic E-state index is 12.9. The predicted molar refractivity (Wildman–Crippen MR) is 66.5 cm³/mol. The van der Waals surface area contributed by atoms with Crippen LogP contribution in [0.4, 0.5) is 13.2 Å². The molecule has 0 aliphatic heterocycles. The smallest absolute Gasteiger partial charge is 0.392 e. The van der Waals surface area contributed by atoms with Crippen LogP contribution in [0.25, 0.3) is 5.69 Å². The normalized spacial score (nSPS) is 15.6. The van der Waals surface area contributed by atoms with Gasteiger partial charge in [-0.05, 0) is 36.6 Å². The van der Waals surface area contributed by atoms with E-state index in [1.54, 1.807) is 6.20 Å². The van der Waals surface area contributed by atoms with Gasteiger partial charge >= 0.3 is 6.18 Å². The largest absolute Gasteiger partial charge is 0.416 e. The Morgan fingerprint density at radius 1 is 1.25 bits per heavy atom. The number of rotatable bonds is 3. The highest BCUT2D eigenvalue weighted by Gasteiger charge is 2.33. The van der Waals surface area contributed by atoms with Crippen LogP contribution in [0.15, 0.2) is 30.5 Å². The maximum Gasteiger partial charge on any atom is 0.416 e. The lowest BCUT2D eigenvalue weighted by atomic mass is 10.1. The molecule has 6 heteroatoms. The van der Waals surface area contributed by atoms with Gasteiger partial charge in [-0.25, -0.2) is 4.68 Å². The van der Waals surface area contributed by atoms with Crippen molar-refractivity contribution in [3.63, 3.8) is 0 Å². The molecule has 2 aromatic rings. The summed E-state index contributed by atoms with van der Waals surface area (Å²) in [7, 11) is 0. The number of hydrogen-bond donors (Lipinski definition) is 1. The zero-order valence-corrected chi connectivity index (χ0v) is 10.6. The van der Waals surface area contributed by atoms with Crippen LogP contribution in [0.3, 0.4) is 0 Å². The van der Waals surface area contributed by atoms with Crippen molar-refractivity contribution in [3.05, 3.63) is 47.3 Å². The fourth-order valence-electron chi connectivity index (χ4n) is 2.19. The molecule has 106 valence electrons. The number of nitrogens with zero attached hydrogens (tertiary/aromatic N) is 2. The quantitative estimate of drug-likeness (QED) is 0.938. The zero-order chi connectivity index (χ0) is 14.3. The van der Waals surface area contributed by atoms with Gasteiger partial charge in [-0.1, -0.05) is 6.07 Å². The summed E-state index contributed by atoms with van der Waals surface area (Å²) in [6, 6.07) is 5.68. The minimum atomic E-state index is -4.49. The van der Waals surface area contributed by atoms with Gasteiger partial charge in [-0.2, -0.15) is 18.3 Å². The van der Waals surface area contributed by atoms with Crippen LogP contribution in [0.2, 0.25) is 0 Å². The molecule has 3 rings (SSSR count). The average Bonchev–Trinajstić information content (AvgIpc) is 3.15. The third kappa shape index (κ3) is 2.43. The molecule has 0 bridgehead atoms. The Hall–Kier alpha value is -1.82. The lowest BCUT2D eigenvalue weighted by molar-refractivity contribution is -0.138. The number of alkyl halides is 3. The number of benzene rings is 1. The molecule has 0 unspecified atom stereocenters. The van der Waals surface area contributed by atoms with Crippen molar-refractivity contribution in [2.75, 3.05) is 0 Å². The van der Waals surface area contributed by atoms with Gasteiger partial charge in [0, 0.05) is 12.1 Å². The fraction of sp³-hybridized carbons (Fsp3) is 0.357. The minimum absolute atomic E-state index is 0.129. The lowest BCUT2D eigenvalue weighted by Gasteiger charge is -2.13. The Kier molecular flexibility index (Phi) is 3.05. The van der Waals surface area contributed by atoms with Gasteiger partial charge in [0.1, 0.15) is 0 Å². The van der Waals surface area contributed by atoms with Gasteiger partial charge in [0.2, 0.25) is 0 Å². The number of aromatic nitrogens is 2. The number of halogens is 3. The molecule has 0 radical (unpaired) electrons. The molecule has 0 spiro atoms. The van der Waals surface area contributed by atoms with Gasteiger partial charge in [0.05, 0.1) is 23.6 Å². The van der Waals surface area contributed by atoms with Crippen LogP contribution in [0, 0.1) is 0 Å². The van der Waals surface area contributed by atoms with E-state index in [0.29, 0.717) is 11.6 Å². The van der Waals surface area contributed by atoms with E-state index in [9.17, 15) is 13.2 Å². The van der Waals surface area contributed by atoms with E-state index >= 15 is 0 Å². The Bertz CT molecular complexity index is 630. The van der Waals surface area contributed by atoms with Crippen LogP contribution in [-0.4, -0.2) is 14.9 Å². The fourth-order valence-corrected chi connectivity index (χ4v) is 2.19. The first kappa shape index (κ1) is 13.2. The molecule has 1 fully saturated rings. The molecule has 0 atom stereocenters. The van der Waals surface area contributed by atoms with Crippen molar-refractivity contribution in [3.8, 4) is 5.69 Å². The molecule has 1 aliphatic carbocycles. The lowest BCUT2D eigenvalue weighted by Crippen LogP contribution is -2.10. The van der Waals surface area contributed by atoms with E-state index in [4.69, 9.17) is 5.11 Å². The van der Waals surface area contributed by atoms with Gasteiger partial charge in [0.15, 0.2) is 0 Å². The summed E-state index contributed by atoms with van der Waals surface area (Å²) < 4.78 is 40.2. The molecule has 3 nitrogen and oxygen atoms in total. The van der Waals surface area contributed by atoms with Gasteiger partial charge in [-0.15, -0.1) is 0 Å². The molecule has 0 amide bonds. The number of aliphatic hydroxyl groups is 1. The molecule has 1 aliphatic rings. The highest BCUT2D eigenvalue weighted by molar-refractivity contribution is 5.41. The molecule has 0 saturated heterocycles. The van der Waals surface area contributed by atoms with Crippen LogP contribution >= 0.6 is 0 Å². The molecule has 1 N–H and O–H groups in total. The molecule has 1 heterocycles.